The van der Waals surface area contributed by atoms with Gasteiger partial charge in [-0.25, -0.2) is 0 Å². The summed E-state index contributed by atoms with van der Waals surface area (Å²) in [5.74, 6) is 0. The average molecular weight is 301 g/mol. The smallest absolute Gasteiger partial charge is 0.0484 e. The normalized spacial score (nSPS) is 10.9. The van der Waals surface area contributed by atoms with Crippen LogP contribution in [-0.2, 0) is 6.54 Å². The van der Waals surface area contributed by atoms with Gasteiger partial charge in [-0.05, 0) is 42.0 Å². The van der Waals surface area contributed by atoms with Crippen LogP contribution in [0.25, 0.3) is 10.9 Å². The summed E-state index contributed by atoms with van der Waals surface area (Å²) in [7, 11) is 0. The van der Waals surface area contributed by atoms with Crippen molar-refractivity contribution in [1.82, 2.24) is 4.57 Å². The number of anilines is 1. The van der Waals surface area contributed by atoms with Crippen molar-refractivity contribution in [1.29, 1.82) is 0 Å². The lowest BCUT2D eigenvalue weighted by atomic mass is 10.2. The van der Waals surface area contributed by atoms with Crippen molar-refractivity contribution in [3.8, 4) is 0 Å². The summed E-state index contributed by atoms with van der Waals surface area (Å²) < 4.78 is 3.34. The number of hydrogen-bond donors (Lipinski definition) is 1. The molecule has 0 aliphatic carbocycles. The van der Waals surface area contributed by atoms with Crippen molar-refractivity contribution >= 4 is 32.5 Å². The van der Waals surface area contributed by atoms with E-state index >= 15 is 0 Å². The third-order valence-corrected chi connectivity index (χ3v) is 3.59. The minimum Gasteiger partial charge on any atom is -0.399 e. The highest BCUT2D eigenvalue weighted by Gasteiger charge is 2.02. The zero-order valence-electron chi connectivity index (χ0n) is 9.81. The van der Waals surface area contributed by atoms with Crippen LogP contribution >= 0.6 is 15.9 Å². The highest BCUT2D eigenvalue weighted by atomic mass is 79.9. The summed E-state index contributed by atoms with van der Waals surface area (Å²) in [4.78, 5) is 0. The van der Waals surface area contributed by atoms with E-state index in [0.29, 0.717) is 0 Å². The first-order chi connectivity index (χ1) is 8.72. The lowest BCUT2D eigenvalue weighted by Gasteiger charge is -2.06. The average Bonchev–Trinajstić information content (AvgIpc) is 2.74. The molecule has 2 nitrogen and oxygen atoms in total. The molecule has 2 aromatic carbocycles. The van der Waals surface area contributed by atoms with E-state index in [1.165, 1.54) is 16.5 Å². The number of aromatic nitrogens is 1. The lowest BCUT2D eigenvalue weighted by Crippen LogP contribution is -1.97. The number of fused-ring (bicyclic) bond motifs is 1. The molecule has 0 bridgehead atoms. The maximum Gasteiger partial charge on any atom is 0.0484 e. The van der Waals surface area contributed by atoms with Crippen molar-refractivity contribution in [2.75, 3.05) is 5.73 Å². The number of nitrogens with zero attached hydrogens (tertiary/aromatic N) is 1. The van der Waals surface area contributed by atoms with E-state index in [1.54, 1.807) is 0 Å². The SMILES string of the molecule is Nc1ccc2c(ccn2Cc2ccc(Br)cc2)c1. The van der Waals surface area contributed by atoms with Gasteiger partial charge < -0.3 is 10.3 Å². The molecule has 1 heterocycles. The van der Waals surface area contributed by atoms with Crippen LogP contribution in [0.15, 0.2) is 59.2 Å². The van der Waals surface area contributed by atoms with Crippen LogP contribution < -0.4 is 5.73 Å². The van der Waals surface area contributed by atoms with Gasteiger partial charge in [0.15, 0.2) is 0 Å². The van der Waals surface area contributed by atoms with Crippen molar-refractivity contribution in [3.05, 3.63) is 64.8 Å². The van der Waals surface area contributed by atoms with Crippen LogP contribution in [0.5, 0.6) is 0 Å². The molecule has 3 rings (SSSR count). The number of rotatable bonds is 2. The van der Waals surface area contributed by atoms with Crippen LogP contribution in [0.3, 0.4) is 0 Å². The summed E-state index contributed by atoms with van der Waals surface area (Å²) in [5.41, 5.74) is 9.10. The van der Waals surface area contributed by atoms with Crippen molar-refractivity contribution in [3.63, 3.8) is 0 Å². The fourth-order valence-electron chi connectivity index (χ4n) is 2.14. The van der Waals surface area contributed by atoms with Crippen LogP contribution in [0, 0.1) is 0 Å². The molecule has 2 N–H and O–H groups in total. The van der Waals surface area contributed by atoms with Gasteiger partial charge in [0, 0.05) is 33.8 Å². The van der Waals surface area contributed by atoms with Crippen LogP contribution in [0.2, 0.25) is 0 Å². The fraction of sp³-hybridized carbons (Fsp3) is 0.0667. The van der Waals surface area contributed by atoms with Crippen molar-refractivity contribution in [2.45, 2.75) is 6.54 Å². The first kappa shape index (κ1) is 11.4. The molecule has 90 valence electrons. The summed E-state index contributed by atoms with van der Waals surface area (Å²) in [6, 6.07) is 16.5. The Balaban J connectivity index is 1.97. The van der Waals surface area contributed by atoms with Gasteiger partial charge in [0.05, 0.1) is 0 Å². The van der Waals surface area contributed by atoms with Gasteiger partial charge in [0.1, 0.15) is 0 Å². The first-order valence-electron chi connectivity index (χ1n) is 5.81. The molecule has 0 saturated heterocycles. The topological polar surface area (TPSA) is 30.9 Å². The molecule has 0 atom stereocenters. The Kier molecular flexibility index (Phi) is 2.84. The number of benzene rings is 2. The zero-order valence-corrected chi connectivity index (χ0v) is 11.4. The molecule has 0 spiro atoms. The Morgan fingerprint density at radius 2 is 1.78 bits per heavy atom. The maximum atomic E-state index is 5.79. The molecule has 0 fully saturated rings. The molecule has 18 heavy (non-hydrogen) atoms. The fourth-order valence-corrected chi connectivity index (χ4v) is 2.41. The van der Waals surface area contributed by atoms with Gasteiger partial charge in [-0.2, -0.15) is 0 Å². The highest BCUT2D eigenvalue weighted by Crippen LogP contribution is 2.20. The number of hydrogen-bond acceptors (Lipinski definition) is 1. The standard InChI is InChI=1S/C15H13BrN2/c16-13-3-1-11(2-4-13)10-18-8-7-12-9-14(17)5-6-15(12)18/h1-9H,10,17H2. The minimum absolute atomic E-state index is 0.809. The summed E-state index contributed by atoms with van der Waals surface area (Å²) in [5, 5.41) is 1.19. The Bertz CT molecular complexity index is 683. The molecule has 3 heteroatoms. The summed E-state index contributed by atoms with van der Waals surface area (Å²) in [6.07, 6.45) is 2.10. The van der Waals surface area contributed by atoms with Crippen molar-refractivity contribution in [2.24, 2.45) is 0 Å². The van der Waals surface area contributed by atoms with Crippen LogP contribution in [0.1, 0.15) is 5.56 Å². The maximum absolute atomic E-state index is 5.79. The number of nitrogen functional groups attached to an aromatic ring is 1. The zero-order chi connectivity index (χ0) is 12.5. The minimum atomic E-state index is 0.809. The highest BCUT2D eigenvalue weighted by molar-refractivity contribution is 9.10. The summed E-state index contributed by atoms with van der Waals surface area (Å²) in [6.45, 7) is 0.876. The number of nitrogens with two attached hydrogens (primary N) is 1. The molecule has 0 radical (unpaired) electrons. The van der Waals surface area contributed by atoms with Gasteiger partial charge in [0.2, 0.25) is 0 Å². The largest absolute Gasteiger partial charge is 0.399 e. The molecule has 1 aromatic heterocycles. The Morgan fingerprint density at radius 3 is 2.56 bits per heavy atom. The van der Waals surface area contributed by atoms with Crippen molar-refractivity contribution < 1.29 is 0 Å². The van der Waals surface area contributed by atoms with E-state index < -0.39 is 0 Å². The molecule has 3 aromatic rings. The van der Waals surface area contributed by atoms with Crippen LogP contribution in [0.4, 0.5) is 5.69 Å². The number of halogens is 1. The predicted octanol–water partition coefficient (Wildman–Crippen LogP) is 4.03. The lowest BCUT2D eigenvalue weighted by molar-refractivity contribution is 0.837. The third-order valence-electron chi connectivity index (χ3n) is 3.06. The van der Waals surface area contributed by atoms with Gasteiger partial charge in [-0.1, -0.05) is 28.1 Å². The second kappa shape index (κ2) is 4.50. The third kappa shape index (κ3) is 2.14. The van der Waals surface area contributed by atoms with Gasteiger partial charge >= 0.3 is 0 Å². The van der Waals surface area contributed by atoms with E-state index in [2.05, 4.69) is 63.1 Å². The van der Waals surface area contributed by atoms with E-state index in [-0.39, 0.29) is 0 Å². The molecular formula is C15H13BrN2. The molecule has 0 unspecified atom stereocenters. The molecule has 0 amide bonds. The van der Waals surface area contributed by atoms with E-state index in [9.17, 15) is 0 Å². The molecule has 0 saturated carbocycles. The quantitative estimate of drug-likeness (QED) is 0.712. The predicted molar refractivity (Wildman–Crippen MR) is 79.6 cm³/mol. The second-order valence-electron chi connectivity index (χ2n) is 4.39. The first-order valence-corrected chi connectivity index (χ1v) is 6.60. The Labute approximate surface area is 114 Å². The van der Waals surface area contributed by atoms with Gasteiger partial charge in [-0.3, -0.25) is 0 Å². The van der Waals surface area contributed by atoms with E-state index in [1.807, 2.05) is 12.1 Å². The summed E-state index contributed by atoms with van der Waals surface area (Å²) >= 11 is 3.45. The Hall–Kier alpha value is -1.74. The molecular weight excluding hydrogens is 288 g/mol. The van der Waals surface area contributed by atoms with E-state index in [4.69, 9.17) is 5.73 Å². The van der Waals surface area contributed by atoms with Gasteiger partial charge in [0.25, 0.3) is 0 Å². The molecule has 0 aliphatic heterocycles. The monoisotopic (exact) mass is 300 g/mol. The Morgan fingerprint density at radius 1 is 1.00 bits per heavy atom. The van der Waals surface area contributed by atoms with Gasteiger partial charge in [-0.15, -0.1) is 0 Å². The molecule has 0 aliphatic rings. The second-order valence-corrected chi connectivity index (χ2v) is 5.30. The van der Waals surface area contributed by atoms with E-state index in [0.717, 1.165) is 16.7 Å². The van der Waals surface area contributed by atoms with Crippen LogP contribution in [-0.4, -0.2) is 4.57 Å².